The van der Waals surface area contributed by atoms with Crippen molar-refractivity contribution in [1.29, 1.82) is 0 Å². The summed E-state index contributed by atoms with van der Waals surface area (Å²) < 4.78 is 10.6. The van der Waals surface area contributed by atoms with E-state index in [1.54, 1.807) is 25.2 Å². The van der Waals surface area contributed by atoms with E-state index < -0.39 is 11.0 Å². The summed E-state index contributed by atoms with van der Waals surface area (Å²) in [6.07, 6.45) is 4.49. The van der Waals surface area contributed by atoms with Crippen LogP contribution in [0.5, 0.6) is 5.75 Å². The lowest BCUT2D eigenvalue weighted by Gasteiger charge is -2.11. The fourth-order valence-electron chi connectivity index (χ4n) is 2.06. The van der Waals surface area contributed by atoms with Gasteiger partial charge in [-0.05, 0) is 24.3 Å². The first-order chi connectivity index (χ1) is 13.0. The third-order valence-corrected chi connectivity index (χ3v) is 3.26. The number of terminal acetylenes is 1. The summed E-state index contributed by atoms with van der Waals surface area (Å²) >= 11 is 0. The molecule has 1 amide bonds. The van der Waals surface area contributed by atoms with Crippen LogP contribution in [0.3, 0.4) is 0 Å². The van der Waals surface area contributed by atoms with E-state index in [2.05, 4.69) is 21.5 Å². The molecule has 0 saturated heterocycles. The van der Waals surface area contributed by atoms with Gasteiger partial charge in [0.25, 0.3) is 5.69 Å². The monoisotopic (exact) mass is 368 g/mol. The average Bonchev–Trinajstić information content (AvgIpc) is 2.66. The van der Waals surface area contributed by atoms with Crippen molar-refractivity contribution >= 4 is 23.2 Å². The zero-order chi connectivity index (χ0) is 19.6. The van der Waals surface area contributed by atoms with Crippen molar-refractivity contribution in [3.8, 4) is 18.1 Å². The Labute approximate surface area is 155 Å². The standard InChI is InChI=1S/C18H16N4O5/c1-3-10-26-17-11-15(21-19-2)5-4-13(17)12-27-18(23)20-14-6-8-16(9-7-14)22(24)25/h1,4-9,11H,10,12H2,2H3,(H,20,23). The number of amides is 1. The van der Waals surface area contributed by atoms with Crippen molar-refractivity contribution in [3.63, 3.8) is 0 Å². The molecule has 0 aliphatic heterocycles. The van der Waals surface area contributed by atoms with Gasteiger partial charge in [0.2, 0.25) is 0 Å². The van der Waals surface area contributed by atoms with Crippen LogP contribution in [0.15, 0.2) is 52.7 Å². The Hall–Kier alpha value is -3.93. The number of nitrogens with one attached hydrogen (secondary N) is 1. The molecule has 0 bridgehead atoms. The van der Waals surface area contributed by atoms with E-state index in [4.69, 9.17) is 15.9 Å². The number of benzene rings is 2. The second-order valence-corrected chi connectivity index (χ2v) is 5.09. The predicted molar refractivity (Wildman–Crippen MR) is 98.1 cm³/mol. The van der Waals surface area contributed by atoms with E-state index in [0.717, 1.165) is 0 Å². The highest BCUT2D eigenvalue weighted by Crippen LogP contribution is 2.26. The molecular formula is C18H16N4O5. The highest BCUT2D eigenvalue weighted by Gasteiger charge is 2.10. The number of carbonyl (C=O) groups is 1. The van der Waals surface area contributed by atoms with Crippen molar-refractivity contribution in [2.45, 2.75) is 6.61 Å². The normalized spacial score (nSPS) is 10.2. The third kappa shape index (κ3) is 5.82. The number of non-ortho nitro benzene ring substituents is 1. The van der Waals surface area contributed by atoms with Gasteiger partial charge in [0, 0.05) is 36.5 Å². The van der Waals surface area contributed by atoms with Gasteiger partial charge in [0.05, 0.1) is 10.6 Å². The Morgan fingerprint density at radius 2 is 2.04 bits per heavy atom. The summed E-state index contributed by atoms with van der Waals surface area (Å²) in [7, 11) is 1.54. The molecule has 2 aromatic rings. The second kappa shape index (κ2) is 9.53. The molecule has 0 aliphatic carbocycles. The summed E-state index contributed by atoms with van der Waals surface area (Å²) in [5.41, 5.74) is 1.46. The molecule has 0 aromatic heterocycles. The number of hydrogen-bond donors (Lipinski definition) is 1. The van der Waals surface area contributed by atoms with E-state index in [-0.39, 0.29) is 18.9 Å². The van der Waals surface area contributed by atoms with Gasteiger partial charge in [-0.3, -0.25) is 15.4 Å². The second-order valence-electron chi connectivity index (χ2n) is 5.09. The maximum atomic E-state index is 11.9. The third-order valence-electron chi connectivity index (χ3n) is 3.26. The van der Waals surface area contributed by atoms with Gasteiger partial charge in [-0.15, -0.1) is 6.42 Å². The minimum Gasteiger partial charge on any atom is -0.480 e. The maximum Gasteiger partial charge on any atom is 0.411 e. The van der Waals surface area contributed by atoms with Crippen molar-refractivity contribution < 1.29 is 19.2 Å². The number of azo groups is 1. The molecule has 0 atom stereocenters. The van der Waals surface area contributed by atoms with E-state index in [9.17, 15) is 14.9 Å². The van der Waals surface area contributed by atoms with Crippen molar-refractivity contribution in [1.82, 2.24) is 0 Å². The van der Waals surface area contributed by atoms with Crippen LogP contribution in [0, 0.1) is 22.5 Å². The highest BCUT2D eigenvalue weighted by atomic mass is 16.6. The molecule has 0 fully saturated rings. The molecule has 0 radical (unpaired) electrons. The van der Waals surface area contributed by atoms with Gasteiger partial charge in [-0.2, -0.15) is 10.2 Å². The minimum atomic E-state index is -0.718. The molecule has 9 heteroatoms. The van der Waals surface area contributed by atoms with E-state index in [1.165, 1.54) is 24.3 Å². The van der Waals surface area contributed by atoms with Crippen LogP contribution >= 0.6 is 0 Å². The number of carbonyl (C=O) groups excluding carboxylic acids is 1. The molecule has 0 saturated carbocycles. The SMILES string of the molecule is C#CCOc1cc(N=NC)ccc1COC(=O)Nc1ccc([N+](=O)[O-])cc1. The molecule has 0 heterocycles. The van der Waals surface area contributed by atoms with Crippen LogP contribution in [0.1, 0.15) is 5.56 Å². The molecule has 0 aliphatic rings. The molecule has 0 unspecified atom stereocenters. The number of anilines is 1. The topological polar surface area (TPSA) is 115 Å². The van der Waals surface area contributed by atoms with Crippen LogP contribution in [0.25, 0.3) is 0 Å². The molecule has 1 N–H and O–H groups in total. The number of nitro benzene ring substituents is 1. The van der Waals surface area contributed by atoms with Gasteiger partial charge in [-0.1, -0.05) is 5.92 Å². The van der Waals surface area contributed by atoms with Crippen LogP contribution in [-0.2, 0) is 11.3 Å². The summed E-state index contributed by atoms with van der Waals surface area (Å²) in [5, 5.41) is 20.7. The first-order valence-electron chi connectivity index (χ1n) is 7.70. The Morgan fingerprint density at radius 3 is 2.67 bits per heavy atom. The van der Waals surface area contributed by atoms with Crippen molar-refractivity contribution in [3.05, 3.63) is 58.1 Å². The lowest BCUT2D eigenvalue weighted by atomic mass is 10.2. The first kappa shape index (κ1) is 19.4. The Bertz CT molecular complexity index is 888. The molecule has 27 heavy (non-hydrogen) atoms. The maximum absolute atomic E-state index is 11.9. The number of ether oxygens (including phenoxy) is 2. The summed E-state index contributed by atoms with van der Waals surface area (Å²) in [6.45, 7) is -0.0169. The predicted octanol–water partition coefficient (Wildman–Crippen LogP) is 4.07. The zero-order valence-electron chi connectivity index (χ0n) is 14.4. The largest absolute Gasteiger partial charge is 0.480 e. The fraction of sp³-hybridized carbons (Fsp3) is 0.167. The van der Waals surface area contributed by atoms with Crippen molar-refractivity contribution in [2.75, 3.05) is 19.0 Å². The molecule has 0 spiro atoms. The number of nitro groups is 1. The van der Waals surface area contributed by atoms with E-state index >= 15 is 0 Å². The fourth-order valence-corrected chi connectivity index (χ4v) is 2.06. The first-order valence-corrected chi connectivity index (χ1v) is 7.70. The quantitative estimate of drug-likeness (QED) is 0.342. The lowest BCUT2D eigenvalue weighted by molar-refractivity contribution is -0.384. The van der Waals surface area contributed by atoms with Gasteiger partial charge in [-0.25, -0.2) is 4.79 Å². The van der Waals surface area contributed by atoms with Crippen LogP contribution in [-0.4, -0.2) is 24.7 Å². The Kier molecular flexibility index (Phi) is 6.84. The average molecular weight is 368 g/mol. The summed E-state index contributed by atoms with van der Waals surface area (Å²) in [6, 6.07) is 10.4. The van der Waals surface area contributed by atoms with Gasteiger partial charge < -0.3 is 9.47 Å². The highest BCUT2D eigenvalue weighted by molar-refractivity contribution is 5.84. The van der Waals surface area contributed by atoms with Gasteiger partial charge in [0.15, 0.2) is 0 Å². The minimum absolute atomic E-state index is 0.0503. The van der Waals surface area contributed by atoms with Gasteiger partial charge >= 0.3 is 6.09 Å². The van der Waals surface area contributed by atoms with Crippen LogP contribution < -0.4 is 10.1 Å². The number of hydrogen-bond acceptors (Lipinski definition) is 7. The van der Waals surface area contributed by atoms with E-state index in [0.29, 0.717) is 22.7 Å². The molecule has 138 valence electrons. The Morgan fingerprint density at radius 1 is 1.30 bits per heavy atom. The van der Waals surface area contributed by atoms with Crippen LogP contribution in [0.2, 0.25) is 0 Å². The summed E-state index contributed by atoms with van der Waals surface area (Å²) in [4.78, 5) is 22.0. The lowest BCUT2D eigenvalue weighted by Crippen LogP contribution is -2.14. The van der Waals surface area contributed by atoms with Gasteiger partial charge in [0.1, 0.15) is 19.0 Å². The number of rotatable bonds is 7. The zero-order valence-corrected chi connectivity index (χ0v) is 14.4. The molecular weight excluding hydrogens is 352 g/mol. The smallest absolute Gasteiger partial charge is 0.411 e. The van der Waals surface area contributed by atoms with E-state index in [1.807, 2.05) is 0 Å². The summed E-state index contributed by atoms with van der Waals surface area (Å²) in [5.74, 6) is 2.79. The van der Waals surface area contributed by atoms with Crippen molar-refractivity contribution in [2.24, 2.45) is 10.2 Å². The number of nitrogens with zero attached hydrogens (tertiary/aromatic N) is 3. The van der Waals surface area contributed by atoms with Crippen LogP contribution in [0.4, 0.5) is 21.9 Å². The Balaban J connectivity index is 2.00. The molecule has 2 rings (SSSR count). The molecule has 2 aromatic carbocycles. The molecule has 9 nitrogen and oxygen atoms in total.